The highest BCUT2D eigenvalue weighted by Crippen LogP contribution is 2.27. The van der Waals surface area contributed by atoms with E-state index in [1.54, 1.807) is 0 Å². The van der Waals surface area contributed by atoms with Crippen molar-refractivity contribution in [1.29, 1.82) is 0 Å². The summed E-state index contributed by atoms with van der Waals surface area (Å²) in [6, 6.07) is 4.20. The van der Waals surface area contributed by atoms with Crippen LogP contribution in [0.1, 0.15) is 37.2 Å². The number of nitrogens with two attached hydrogens (primary N) is 1. The zero-order valence-corrected chi connectivity index (χ0v) is 12.6. The minimum Gasteiger partial charge on any atom is -0.303 e. The Morgan fingerprint density at radius 2 is 2.00 bits per heavy atom. The average molecular weight is 297 g/mol. The van der Waals surface area contributed by atoms with Gasteiger partial charge in [-0.2, -0.15) is 0 Å². The summed E-state index contributed by atoms with van der Waals surface area (Å²) >= 11 is 0. The maximum absolute atomic E-state index is 10.9. The number of rotatable bonds is 5. The number of likely N-dealkylation sites (tertiary alicyclic amines) is 1. The third-order valence-corrected chi connectivity index (χ3v) is 4.76. The van der Waals surface area contributed by atoms with E-state index in [-0.39, 0.29) is 5.75 Å². The number of nitrogens with zero attached hydrogens (tertiary/aromatic N) is 2. The Kier molecular flexibility index (Phi) is 5.51. The quantitative estimate of drug-likeness (QED) is 0.889. The number of aromatic nitrogens is 1. The minimum atomic E-state index is -3.32. The molecule has 2 heterocycles. The Balaban J connectivity index is 1.80. The van der Waals surface area contributed by atoms with Gasteiger partial charge in [-0.05, 0) is 68.9 Å². The first-order chi connectivity index (χ1) is 9.54. The molecule has 1 aliphatic heterocycles. The highest BCUT2D eigenvalue weighted by atomic mass is 32.2. The molecule has 2 N–H and O–H groups in total. The second kappa shape index (κ2) is 7.15. The summed E-state index contributed by atoms with van der Waals surface area (Å²) in [6.07, 6.45) is 7.80. The van der Waals surface area contributed by atoms with Gasteiger partial charge < -0.3 is 4.90 Å². The Bertz CT molecular complexity index is 504. The van der Waals surface area contributed by atoms with Gasteiger partial charge in [0.2, 0.25) is 10.0 Å². The summed E-state index contributed by atoms with van der Waals surface area (Å²) in [5.41, 5.74) is 1.37. The molecule has 0 aliphatic carbocycles. The molecule has 5 nitrogen and oxygen atoms in total. The molecule has 1 aromatic rings. The van der Waals surface area contributed by atoms with E-state index in [1.165, 1.54) is 12.0 Å². The van der Waals surface area contributed by atoms with Crippen LogP contribution in [0.3, 0.4) is 0 Å². The lowest BCUT2D eigenvalue weighted by Gasteiger charge is -2.19. The van der Waals surface area contributed by atoms with Crippen LogP contribution in [0.25, 0.3) is 0 Å². The lowest BCUT2D eigenvalue weighted by Crippen LogP contribution is -2.28. The van der Waals surface area contributed by atoms with Gasteiger partial charge in [0, 0.05) is 12.4 Å². The molecule has 112 valence electrons. The first kappa shape index (κ1) is 15.4. The number of sulfonamides is 1. The average Bonchev–Trinajstić information content (AvgIpc) is 2.64. The van der Waals surface area contributed by atoms with Crippen molar-refractivity contribution < 1.29 is 8.42 Å². The lowest BCUT2D eigenvalue weighted by molar-refractivity contribution is 0.285. The fourth-order valence-corrected chi connectivity index (χ4v) is 3.37. The van der Waals surface area contributed by atoms with Gasteiger partial charge in [-0.15, -0.1) is 0 Å². The molecule has 0 aromatic carbocycles. The van der Waals surface area contributed by atoms with Gasteiger partial charge in [0.1, 0.15) is 0 Å². The zero-order chi connectivity index (χ0) is 14.4. The fourth-order valence-electron chi connectivity index (χ4n) is 2.84. The van der Waals surface area contributed by atoms with Crippen molar-refractivity contribution in [3.05, 3.63) is 30.1 Å². The van der Waals surface area contributed by atoms with Gasteiger partial charge in [0.25, 0.3) is 0 Å². The zero-order valence-electron chi connectivity index (χ0n) is 11.7. The van der Waals surface area contributed by atoms with Crippen LogP contribution in [-0.4, -0.2) is 43.7 Å². The molecule has 0 amide bonds. The SMILES string of the molecule is NS(=O)(=O)CCCN1CCCC(c2ccncc2)CC1. The predicted molar refractivity (Wildman–Crippen MR) is 79.9 cm³/mol. The van der Waals surface area contributed by atoms with Crippen LogP contribution in [-0.2, 0) is 10.0 Å². The third kappa shape index (κ3) is 5.19. The maximum Gasteiger partial charge on any atom is 0.209 e. The summed E-state index contributed by atoms with van der Waals surface area (Å²) in [5, 5.41) is 5.03. The Labute approximate surface area is 121 Å². The number of primary sulfonamides is 1. The Hall–Kier alpha value is -0.980. The van der Waals surface area contributed by atoms with Gasteiger partial charge in [-0.1, -0.05) is 0 Å². The molecule has 6 heteroatoms. The maximum atomic E-state index is 10.9. The van der Waals surface area contributed by atoms with Gasteiger partial charge in [-0.25, -0.2) is 13.6 Å². The number of pyridine rings is 1. The molecule has 1 aliphatic rings. The molecule has 1 aromatic heterocycles. The van der Waals surface area contributed by atoms with Crippen molar-refractivity contribution in [3.8, 4) is 0 Å². The smallest absolute Gasteiger partial charge is 0.209 e. The van der Waals surface area contributed by atoms with Gasteiger partial charge >= 0.3 is 0 Å². The second-order valence-electron chi connectivity index (χ2n) is 5.47. The number of hydrogen-bond donors (Lipinski definition) is 1. The summed E-state index contributed by atoms with van der Waals surface area (Å²) in [4.78, 5) is 6.42. The van der Waals surface area contributed by atoms with Crippen molar-refractivity contribution >= 4 is 10.0 Å². The molecule has 0 bridgehead atoms. The van der Waals surface area contributed by atoms with E-state index in [0.717, 1.165) is 32.5 Å². The standard InChI is InChI=1S/C14H23N3O2S/c15-20(18,19)12-2-10-17-9-1-3-13(6-11-17)14-4-7-16-8-5-14/h4-5,7-8,13H,1-3,6,9-12H2,(H2,15,18,19). The molecular formula is C14H23N3O2S. The van der Waals surface area contributed by atoms with Crippen LogP contribution < -0.4 is 5.14 Å². The van der Waals surface area contributed by atoms with Crippen molar-refractivity contribution in [1.82, 2.24) is 9.88 Å². The first-order valence-electron chi connectivity index (χ1n) is 7.17. The molecule has 0 radical (unpaired) electrons. The molecule has 1 saturated heterocycles. The van der Waals surface area contributed by atoms with E-state index in [1.807, 2.05) is 12.4 Å². The number of hydrogen-bond acceptors (Lipinski definition) is 4. The van der Waals surface area contributed by atoms with E-state index in [2.05, 4.69) is 22.0 Å². The second-order valence-corrected chi connectivity index (χ2v) is 7.20. The topological polar surface area (TPSA) is 76.3 Å². The molecule has 0 spiro atoms. The fraction of sp³-hybridized carbons (Fsp3) is 0.643. The van der Waals surface area contributed by atoms with Crippen LogP contribution in [0, 0.1) is 0 Å². The normalized spacial score (nSPS) is 21.6. The highest BCUT2D eigenvalue weighted by Gasteiger charge is 2.18. The monoisotopic (exact) mass is 297 g/mol. The van der Waals surface area contributed by atoms with E-state index >= 15 is 0 Å². The molecule has 1 atom stereocenters. The van der Waals surface area contributed by atoms with Crippen LogP contribution in [0.2, 0.25) is 0 Å². The molecule has 0 saturated carbocycles. The minimum absolute atomic E-state index is 0.0806. The lowest BCUT2D eigenvalue weighted by atomic mass is 9.93. The van der Waals surface area contributed by atoms with Crippen LogP contribution in [0.4, 0.5) is 0 Å². The summed E-state index contributed by atoms with van der Waals surface area (Å²) < 4.78 is 21.9. The van der Waals surface area contributed by atoms with Crippen molar-refractivity contribution in [2.24, 2.45) is 5.14 Å². The highest BCUT2D eigenvalue weighted by molar-refractivity contribution is 7.89. The van der Waals surface area contributed by atoms with Crippen molar-refractivity contribution in [2.45, 2.75) is 31.6 Å². The molecule has 2 rings (SSSR count). The Morgan fingerprint density at radius 3 is 2.70 bits per heavy atom. The van der Waals surface area contributed by atoms with Crippen LogP contribution in [0.15, 0.2) is 24.5 Å². The van der Waals surface area contributed by atoms with E-state index in [4.69, 9.17) is 5.14 Å². The largest absolute Gasteiger partial charge is 0.303 e. The molecule has 20 heavy (non-hydrogen) atoms. The van der Waals surface area contributed by atoms with Crippen LogP contribution >= 0.6 is 0 Å². The van der Waals surface area contributed by atoms with Crippen molar-refractivity contribution in [2.75, 3.05) is 25.4 Å². The molecular weight excluding hydrogens is 274 g/mol. The van der Waals surface area contributed by atoms with E-state index in [9.17, 15) is 8.42 Å². The van der Waals surface area contributed by atoms with Gasteiger partial charge in [0.05, 0.1) is 5.75 Å². The van der Waals surface area contributed by atoms with Crippen molar-refractivity contribution in [3.63, 3.8) is 0 Å². The summed E-state index contributed by atoms with van der Waals surface area (Å²) in [7, 11) is -3.32. The van der Waals surface area contributed by atoms with Gasteiger partial charge in [0.15, 0.2) is 0 Å². The summed E-state index contributed by atoms with van der Waals surface area (Å²) in [5.74, 6) is 0.679. The molecule has 1 unspecified atom stereocenters. The third-order valence-electron chi connectivity index (χ3n) is 3.90. The van der Waals surface area contributed by atoms with Gasteiger partial charge in [-0.3, -0.25) is 4.98 Å². The van der Waals surface area contributed by atoms with E-state index < -0.39 is 10.0 Å². The Morgan fingerprint density at radius 1 is 1.25 bits per heavy atom. The first-order valence-corrected chi connectivity index (χ1v) is 8.89. The van der Waals surface area contributed by atoms with Crippen LogP contribution in [0.5, 0.6) is 0 Å². The molecule has 1 fully saturated rings. The summed E-state index contributed by atoms with van der Waals surface area (Å²) in [6.45, 7) is 2.89. The predicted octanol–water partition coefficient (Wildman–Crippen LogP) is 1.33. The van der Waals surface area contributed by atoms with E-state index in [0.29, 0.717) is 12.3 Å².